The van der Waals surface area contributed by atoms with E-state index in [1.165, 1.54) is 11.0 Å². The molecule has 1 saturated heterocycles. The van der Waals surface area contributed by atoms with Gasteiger partial charge in [-0.3, -0.25) is 4.79 Å². The molecule has 1 aromatic carbocycles. The first-order chi connectivity index (χ1) is 22.4. The zero-order chi connectivity index (χ0) is 33.2. The van der Waals surface area contributed by atoms with Gasteiger partial charge in [-0.1, -0.05) is 40.5 Å². The monoisotopic (exact) mass is 656 g/mol. The number of hydrogen-bond acceptors (Lipinski definition) is 9. The third-order valence-electron chi connectivity index (χ3n) is 10.7. The molecule has 4 heterocycles. The molecule has 0 spiro atoms. The lowest BCUT2D eigenvalue weighted by molar-refractivity contribution is -0.286. The number of halogens is 2. The van der Waals surface area contributed by atoms with Crippen molar-refractivity contribution in [3.63, 3.8) is 0 Å². The molecule has 254 valence electrons. The Balaban J connectivity index is 1.26. The normalized spacial score (nSPS) is 33.4. The number of alkyl halides is 2. The highest BCUT2D eigenvalue weighted by Gasteiger charge is 2.55. The molecule has 0 radical (unpaired) electrons. The predicted octanol–water partition coefficient (Wildman–Crippen LogP) is 5.42. The fraction of sp³-hybridized carbons (Fsp3) is 0.676. The van der Waals surface area contributed by atoms with E-state index in [9.17, 15) is 23.2 Å². The highest BCUT2D eigenvalue weighted by atomic mass is 19.3. The first-order valence-electron chi connectivity index (χ1n) is 16.9. The Morgan fingerprint density at radius 1 is 1.04 bits per heavy atom. The maximum absolute atomic E-state index is 14.2. The quantitative estimate of drug-likeness (QED) is 0.422. The molecular formula is C34H42F2N4O7. The fourth-order valence-electron chi connectivity index (χ4n) is 8.19. The minimum Gasteiger partial charge on any atom is -0.471 e. The molecule has 2 bridgehead atoms. The lowest BCUT2D eigenvalue weighted by Crippen LogP contribution is -2.56. The third-order valence-corrected chi connectivity index (χ3v) is 10.7. The summed E-state index contributed by atoms with van der Waals surface area (Å²) in [6.45, 7) is 7.54. The van der Waals surface area contributed by atoms with Crippen molar-refractivity contribution in [2.45, 2.75) is 110 Å². The van der Waals surface area contributed by atoms with Gasteiger partial charge in [0.05, 0.1) is 18.1 Å². The third kappa shape index (κ3) is 5.94. The Labute approximate surface area is 272 Å². The van der Waals surface area contributed by atoms with Crippen LogP contribution in [0.2, 0.25) is 0 Å². The van der Waals surface area contributed by atoms with Crippen molar-refractivity contribution in [2.75, 3.05) is 6.54 Å². The molecule has 5 aliphatic rings. The van der Waals surface area contributed by atoms with Crippen LogP contribution < -0.4 is 19.5 Å². The van der Waals surface area contributed by atoms with Gasteiger partial charge >= 0.3 is 12.4 Å². The highest BCUT2D eigenvalue weighted by molar-refractivity contribution is 5.89. The van der Waals surface area contributed by atoms with E-state index >= 15 is 0 Å². The minimum atomic E-state index is -3.83. The molecule has 2 unspecified atom stereocenters. The van der Waals surface area contributed by atoms with E-state index in [4.69, 9.17) is 19.2 Å². The number of nitrogens with one attached hydrogen (secondary N) is 1. The van der Waals surface area contributed by atoms with Gasteiger partial charge in [-0.25, -0.2) is 14.8 Å². The maximum atomic E-state index is 14.2. The van der Waals surface area contributed by atoms with Crippen LogP contribution in [0, 0.1) is 29.1 Å². The van der Waals surface area contributed by atoms with E-state index < -0.39 is 47.8 Å². The Bertz CT molecular complexity index is 1580. The van der Waals surface area contributed by atoms with Crippen LogP contribution in [-0.4, -0.2) is 70.3 Å². The van der Waals surface area contributed by atoms with Gasteiger partial charge in [-0.05, 0) is 73.8 Å². The van der Waals surface area contributed by atoms with Crippen LogP contribution >= 0.6 is 0 Å². The van der Waals surface area contributed by atoms with E-state index in [2.05, 4.69) is 15.0 Å². The number of benzene rings is 1. The number of hydrogen-bond donors (Lipinski definition) is 1. The fourth-order valence-corrected chi connectivity index (χ4v) is 8.19. The number of aryl methyl sites for hydroxylation is 1. The molecule has 2 amide bonds. The molecule has 1 aromatic heterocycles. The largest absolute Gasteiger partial charge is 0.586 e. The summed E-state index contributed by atoms with van der Waals surface area (Å²) in [5.74, 6) is 0.401. The van der Waals surface area contributed by atoms with Crippen LogP contribution in [0.1, 0.15) is 78.3 Å². The summed E-state index contributed by atoms with van der Waals surface area (Å²) in [5.41, 5.74) is 0.318. The van der Waals surface area contributed by atoms with E-state index in [1.54, 1.807) is 6.07 Å². The van der Waals surface area contributed by atoms with Crippen molar-refractivity contribution in [2.24, 2.45) is 29.1 Å². The standard InChI is InChI=1S/C34H42F2N4O7/c1-5-18-23(16-41)40-15-26(18)44-30-22(37-21-11-12-24-28(27(21)38-30)47-34(35,36)46-24)10-8-6-7-9-19-20-13-17(20)14-25(19)45-32(43)39-29(31(40)42)33(2,3)4/h11-12,16-20,23,25-26,29H,5-10,13-15H2,1-4H3,(H,39,43)/t17?,18-,19+,20?,23+,25+,26-,29+/m0/s1. The molecule has 2 saturated carbocycles. The van der Waals surface area contributed by atoms with Gasteiger partial charge in [0.2, 0.25) is 17.5 Å². The van der Waals surface area contributed by atoms with Gasteiger partial charge in [0.1, 0.15) is 35.7 Å². The molecule has 7 rings (SSSR count). The summed E-state index contributed by atoms with van der Waals surface area (Å²) in [7, 11) is 0. The van der Waals surface area contributed by atoms with Crippen molar-refractivity contribution in [1.29, 1.82) is 0 Å². The van der Waals surface area contributed by atoms with Crippen molar-refractivity contribution < 1.29 is 42.1 Å². The smallest absolute Gasteiger partial charge is 0.471 e. The molecule has 8 atom stereocenters. The SMILES string of the molecule is CC[C@@H]1[C@@H]2CN(C(=O)[C@H](C(C)(C)C)NC(=O)O[C@@H]3CC4CC4[C@H]3CCCCCc3nc4ccc5c(c4nc3O2)OC(F)(F)O5)[C@@H]1C=O. The maximum Gasteiger partial charge on any atom is 0.586 e. The summed E-state index contributed by atoms with van der Waals surface area (Å²) in [4.78, 5) is 51.1. The number of ether oxygens (including phenoxy) is 4. The summed E-state index contributed by atoms with van der Waals surface area (Å²) < 4.78 is 50.1. The molecule has 11 nitrogen and oxygen atoms in total. The van der Waals surface area contributed by atoms with Crippen LogP contribution in [-0.2, 0) is 20.7 Å². The number of nitrogens with zero attached hydrogens (tertiary/aromatic N) is 3. The molecule has 2 aromatic rings. The Hall–Kier alpha value is -3.77. The number of carbonyl (C=O) groups excluding carboxylic acids is 3. The molecular weight excluding hydrogens is 614 g/mol. The summed E-state index contributed by atoms with van der Waals surface area (Å²) in [5, 5.41) is 2.86. The number of fused-ring (bicyclic) bond motifs is 9. The zero-order valence-corrected chi connectivity index (χ0v) is 27.2. The second kappa shape index (κ2) is 11.7. The second-order valence-electron chi connectivity index (χ2n) is 14.8. The van der Waals surface area contributed by atoms with Gasteiger partial charge in [-0.15, -0.1) is 8.78 Å². The highest BCUT2D eigenvalue weighted by Crippen LogP contribution is 2.57. The first kappa shape index (κ1) is 31.8. The van der Waals surface area contributed by atoms with Crippen molar-refractivity contribution in [1.82, 2.24) is 20.2 Å². The average Bonchev–Trinajstić information content (AvgIpc) is 3.38. The van der Waals surface area contributed by atoms with Gasteiger partial charge < -0.3 is 34.0 Å². The number of aldehydes is 1. The lowest BCUT2D eigenvalue weighted by atomic mass is 9.85. The second-order valence-corrected chi connectivity index (χ2v) is 14.8. The van der Waals surface area contributed by atoms with E-state index in [-0.39, 0.29) is 41.5 Å². The van der Waals surface area contributed by atoms with Crippen molar-refractivity contribution in [3.8, 4) is 17.4 Å². The summed E-state index contributed by atoms with van der Waals surface area (Å²) >= 11 is 0. The number of amides is 2. The van der Waals surface area contributed by atoms with Gasteiger partial charge in [-0.2, -0.15) is 0 Å². The zero-order valence-electron chi connectivity index (χ0n) is 27.2. The molecule has 2 aliphatic carbocycles. The molecule has 3 aliphatic heterocycles. The minimum absolute atomic E-state index is 0.0574. The van der Waals surface area contributed by atoms with E-state index in [1.807, 2.05) is 27.7 Å². The number of aromatic nitrogens is 2. The Morgan fingerprint density at radius 3 is 2.60 bits per heavy atom. The van der Waals surface area contributed by atoms with Crippen LogP contribution in [0.15, 0.2) is 12.1 Å². The topological polar surface area (TPSA) is 129 Å². The van der Waals surface area contributed by atoms with Crippen molar-refractivity contribution in [3.05, 3.63) is 17.8 Å². The first-order valence-corrected chi connectivity index (χ1v) is 16.9. The van der Waals surface area contributed by atoms with Crippen molar-refractivity contribution >= 4 is 29.3 Å². The Kier molecular flexibility index (Phi) is 7.94. The van der Waals surface area contributed by atoms with Crippen LogP contribution in [0.25, 0.3) is 11.0 Å². The van der Waals surface area contributed by atoms with E-state index in [0.717, 1.165) is 44.8 Å². The van der Waals surface area contributed by atoms with Gasteiger partial charge in [0, 0.05) is 5.92 Å². The van der Waals surface area contributed by atoms with Gasteiger partial charge in [0.25, 0.3) is 0 Å². The van der Waals surface area contributed by atoms with Gasteiger partial charge in [0.15, 0.2) is 5.75 Å². The molecule has 47 heavy (non-hydrogen) atoms. The van der Waals surface area contributed by atoms with Crippen LogP contribution in [0.3, 0.4) is 0 Å². The number of rotatable bonds is 2. The number of alkyl carbamates (subject to hydrolysis) is 1. The van der Waals surface area contributed by atoms with Crippen LogP contribution in [0.5, 0.6) is 17.4 Å². The van der Waals surface area contributed by atoms with Crippen LogP contribution in [0.4, 0.5) is 13.6 Å². The average molecular weight is 657 g/mol. The molecule has 1 N–H and O–H groups in total. The summed E-state index contributed by atoms with van der Waals surface area (Å²) in [6, 6.07) is 1.18. The lowest BCUT2D eigenvalue weighted by Gasteiger charge is -2.35. The molecule has 13 heteroatoms. The number of carbonyl (C=O) groups is 3. The Morgan fingerprint density at radius 2 is 1.85 bits per heavy atom. The molecule has 3 fully saturated rings. The van der Waals surface area contributed by atoms with E-state index in [0.29, 0.717) is 35.9 Å². The predicted molar refractivity (Wildman–Crippen MR) is 164 cm³/mol. The summed E-state index contributed by atoms with van der Waals surface area (Å²) in [6.07, 6.45) is 2.05.